The van der Waals surface area contributed by atoms with Gasteiger partial charge in [0.25, 0.3) is 11.0 Å². The van der Waals surface area contributed by atoms with E-state index in [0.29, 0.717) is 11.4 Å². The predicted molar refractivity (Wildman–Crippen MR) is 53.0 cm³/mol. The molecule has 0 aromatic carbocycles. The highest BCUT2D eigenvalue weighted by atomic mass is 32.2. The van der Waals surface area contributed by atoms with Gasteiger partial charge in [0, 0.05) is 6.26 Å². The van der Waals surface area contributed by atoms with Crippen LogP contribution >= 0.6 is 0 Å². The molecule has 1 aromatic rings. The van der Waals surface area contributed by atoms with Crippen LogP contribution in [0.25, 0.3) is 0 Å². The number of hydrogen-bond donors (Lipinski definition) is 0. The Labute approximate surface area is 88.2 Å². The maximum Gasteiger partial charge on any atom is 0.261 e. The lowest BCUT2D eigenvalue weighted by Crippen LogP contribution is -2.08. The molecular formula is C8H12N2O4S. The van der Waals surface area contributed by atoms with Crippen molar-refractivity contribution in [3.05, 3.63) is 5.69 Å². The molecule has 0 saturated carbocycles. The molecule has 0 bridgehead atoms. The maximum atomic E-state index is 11.2. The summed E-state index contributed by atoms with van der Waals surface area (Å²) in [4.78, 5) is 7.57. The number of rotatable bonds is 3. The highest BCUT2D eigenvalue weighted by Crippen LogP contribution is 2.27. The van der Waals surface area contributed by atoms with Gasteiger partial charge in [-0.25, -0.2) is 13.4 Å². The third kappa shape index (κ3) is 2.35. The van der Waals surface area contributed by atoms with Crippen molar-refractivity contribution in [3.8, 4) is 11.6 Å². The van der Waals surface area contributed by atoms with E-state index in [1.54, 1.807) is 6.92 Å². The monoisotopic (exact) mass is 232 g/mol. The number of aryl methyl sites for hydroxylation is 1. The molecule has 1 heterocycles. The molecular weight excluding hydrogens is 220 g/mol. The van der Waals surface area contributed by atoms with Gasteiger partial charge in [0.2, 0.25) is 15.6 Å². The van der Waals surface area contributed by atoms with Crippen LogP contribution < -0.4 is 9.47 Å². The molecule has 84 valence electrons. The standard InChI is InChI=1S/C8H12N2O4S/c1-5-6(13-2)7(14-3)10-8(9-5)15(4,11)12/h1-4H3. The molecule has 0 aliphatic carbocycles. The minimum absolute atomic E-state index is 0.116. The van der Waals surface area contributed by atoms with Crippen molar-refractivity contribution in [2.45, 2.75) is 12.1 Å². The van der Waals surface area contributed by atoms with E-state index < -0.39 is 9.84 Å². The smallest absolute Gasteiger partial charge is 0.261 e. The molecule has 0 unspecified atom stereocenters. The number of ether oxygens (including phenoxy) is 2. The molecule has 0 atom stereocenters. The average molecular weight is 232 g/mol. The van der Waals surface area contributed by atoms with Crippen LogP contribution in [0.1, 0.15) is 5.69 Å². The second-order valence-electron chi connectivity index (χ2n) is 2.91. The Morgan fingerprint density at radius 1 is 1.13 bits per heavy atom. The molecule has 7 heteroatoms. The first kappa shape index (κ1) is 11.7. The Kier molecular flexibility index (Phi) is 3.13. The van der Waals surface area contributed by atoms with Crippen LogP contribution in [0.3, 0.4) is 0 Å². The molecule has 0 N–H and O–H groups in total. The lowest BCUT2D eigenvalue weighted by molar-refractivity contribution is 0.333. The normalized spacial score (nSPS) is 11.2. The van der Waals surface area contributed by atoms with Gasteiger partial charge < -0.3 is 9.47 Å². The van der Waals surface area contributed by atoms with Crippen LogP contribution in [0, 0.1) is 6.92 Å². The maximum absolute atomic E-state index is 11.2. The second-order valence-corrected chi connectivity index (χ2v) is 4.82. The van der Waals surface area contributed by atoms with Crippen molar-refractivity contribution in [1.82, 2.24) is 9.97 Å². The Bertz CT molecular complexity index is 470. The Morgan fingerprint density at radius 2 is 1.73 bits per heavy atom. The van der Waals surface area contributed by atoms with E-state index in [0.717, 1.165) is 6.26 Å². The largest absolute Gasteiger partial charge is 0.490 e. The summed E-state index contributed by atoms with van der Waals surface area (Å²) in [5.74, 6) is 0.454. The highest BCUT2D eigenvalue weighted by molar-refractivity contribution is 7.90. The molecule has 0 radical (unpaired) electrons. The molecule has 0 fully saturated rings. The molecule has 0 saturated heterocycles. The lowest BCUT2D eigenvalue weighted by Gasteiger charge is -2.09. The van der Waals surface area contributed by atoms with Crippen molar-refractivity contribution in [3.63, 3.8) is 0 Å². The first-order valence-corrected chi connectivity index (χ1v) is 5.96. The van der Waals surface area contributed by atoms with E-state index in [4.69, 9.17) is 9.47 Å². The van der Waals surface area contributed by atoms with Gasteiger partial charge in [-0.05, 0) is 6.92 Å². The topological polar surface area (TPSA) is 78.4 Å². The van der Waals surface area contributed by atoms with Gasteiger partial charge in [-0.2, -0.15) is 4.98 Å². The molecule has 6 nitrogen and oxygen atoms in total. The van der Waals surface area contributed by atoms with E-state index in [-0.39, 0.29) is 11.0 Å². The summed E-state index contributed by atoms with van der Waals surface area (Å²) in [6.07, 6.45) is 1.04. The third-order valence-corrected chi connectivity index (χ3v) is 2.56. The van der Waals surface area contributed by atoms with E-state index in [9.17, 15) is 8.42 Å². The molecule has 1 rings (SSSR count). The minimum Gasteiger partial charge on any atom is -0.490 e. The highest BCUT2D eigenvalue weighted by Gasteiger charge is 2.18. The third-order valence-electron chi connectivity index (χ3n) is 1.71. The van der Waals surface area contributed by atoms with Crippen LogP contribution in [-0.2, 0) is 9.84 Å². The summed E-state index contributed by atoms with van der Waals surface area (Å²) in [6, 6.07) is 0. The first-order chi connectivity index (χ1) is 6.90. The first-order valence-electron chi connectivity index (χ1n) is 4.06. The Morgan fingerprint density at radius 3 is 2.13 bits per heavy atom. The Balaban J connectivity index is 3.45. The fourth-order valence-electron chi connectivity index (χ4n) is 1.05. The van der Waals surface area contributed by atoms with E-state index in [1.807, 2.05) is 0 Å². The molecule has 0 amide bonds. The average Bonchev–Trinajstić information content (AvgIpc) is 2.15. The Hall–Kier alpha value is -1.37. The van der Waals surface area contributed by atoms with Gasteiger partial charge >= 0.3 is 0 Å². The molecule has 0 spiro atoms. The summed E-state index contributed by atoms with van der Waals surface area (Å²) in [7, 11) is -0.617. The number of hydrogen-bond acceptors (Lipinski definition) is 6. The van der Waals surface area contributed by atoms with Crippen molar-refractivity contribution in [2.75, 3.05) is 20.5 Å². The van der Waals surface area contributed by atoms with Crippen molar-refractivity contribution in [2.24, 2.45) is 0 Å². The van der Waals surface area contributed by atoms with Gasteiger partial charge in [-0.3, -0.25) is 0 Å². The fourth-order valence-corrected chi connectivity index (χ4v) is 1.60. The zero-order valence-electron chi connectivity index (χ0n) is 8.94. The van der Waals surface area contributed by atoms with Crippen molar-refractivity contribution < 1.29 is 17.9 Å². The lowest BCUT2D eigenvalue weighted by atomic mass is 10.4. The van der Waals surface area contributed by atoms with Gasteiger partial charge in [0.15, 0.2) is 0 Å². The van der Waals surface area contributed by atoms with Crippen LogP contribution in [0.15, 0.2) is 5.16 Å². The van der Waals surface area contributed by atoms with Gasteiger partial charge in [-0.1, -0.05) is 0 Å². The summed E-state index contributed by atoms with van der Waals surface area (Å²) in [6.45, 7) is 1.62. The minimum atomic E-state index is -3.44. The number of aromatic nitrogens is 2. The second kappa shape index (κ2) is 4.01. The summed E-state index contributed by atoms with van der Waals surface area (Å²) < 4.78 is 32.4. The molecule has 0 aliphatic heterocycles. The zero-order chi connectivity index (χ0) is 11.6. The van der Waals surface area contributed by atoms with Crippen molar-refractivity contribution in [1.29, 1.82) is 0 Å². The molecule has 15 heavy (non-hydrogen) atoms. The van der Waals surface area contributed by atoms with Gasteiger partial charge in [0.1, 0.15) is 0 Å². The van der Waals surface area contributed by atoms with Crippen LogP contribution in [0.2, 0.25) is 0 Å². The van der Waals surface area contributed by atoms with Crippen molar-refractivity contribution >= 4 is 9.84 Å². The van der Waals surface area contributed by atoms with Gasteiger partial charge in [-0.15, -0.1) is 0 Å². The summed E-state index contributed by atoms with van der Waals surface area (Å²) in [5.41, 5.74) is 0.421. The quantitative estimate of drug-likeness (QED) is 0.693. The van der Waals surface area contributed by atoms with Gasteiger partial charge in [0.05, 0.1) is 19.9 Å². The number of sulfone groups is 1. The zero-order valence-corrected chi connectivity index (χ0v) is 9.75. The fraction of sp³-hybridized carbons (Fsp3) is 0.500. The SMILES string of the molecule is COc1nc(S(C)(=O)=O)nc(C)c1OC. The van der Waals surface area contributed by atoms with Crippen LogP contribution in [-0.4, -0.2) is 38.9 Å². The van der Waals surface area contributed by atoms with Crippen LogP contribution in [0.5, 0.6) is 11.6 Å². The van der Waals surface area contributed by atoms with E-state index >= 15 is 0 Å². The summed E-state index contributed by atoms with van der Waals surface area (Å²) in [5, 5.41) is -0.266. The number of methoxy groups -OCH3 is 2. The van der Waals surface area contributed by atoms with E-state index in [2.05, 4.69) is 9.97 Å². The molecule has 1 aromatic heterocycles. The van der Waals surface area contributed by atoms with Crippen LogP contribution in [0.4, 0.5) is 0 Å². The predicted octanol–water partition coefficient (Wildman–Crippen LogP) is 0.206. The summed E-state index contributed by atoms with van der Waals surface area (Å²) >= 11 is 0. The number of nitrogens with zero attached hydrogens (tertiary/aromatic N) is 2. The van der Waals surface area contributed by atoms with E-state index in [1.165, 1.54) is 14.2 Å². The molecule has 0 aliphatic rings.